The van der Waals surface area contributed by atoms with Crippen LogP contribution in [0.3, 0.4) is 0 Å². The van der Waals surface area contributed by atoms with Gasteiger partial charge in [0.2, 0.25) is 5.91 Å². The van der Waals surface area contributed by atoms with Crippen molar-refractivity contribution in [2.45, 2.75) is 32.1 Å². The van der Waals surface area contributed by atoms with Crippen molar-refractivity contribution in [3.8, 4) is 0 Å². The lowest BCUT2D eigenvalue weighted by Crippen LogP contribution is -2.25. The molecule has 0 saturated heterocycles. The van der Waals surface area contributed by atoms with Gasteiger partial charge in [0.1, 0.15) is 5.44 Å². The number of nitrogens with one attached hydrogen (secondary N) is 1. The van der Waals surface area contributed by atoms with Gasteiger partial charge in [-0.15, -0.1) is 12.6 Å². The molecule has 1 unspecified atom stereocenters. The molecule has 0 aromatic carbocycles. The molecule has 0 spiro atoms. The Labute approximate surface area is 66.5 Å². The Morgan fingerprint density at radius 3 is 2.80 bits per heavy atom. The molecule has 0 radical (unpaired) electrons. The molecule has 3 nitrogen and oxygen atoms in total. The minimum Gasteiger partial charge on any atom is -0.273 e. The van der Waals surface area contributed by atoms with E-state index in [1.165, 1.54) is 0 Å². The summed E-state index contributed by atoms with van der Waals surface area (Å²) in [5.41, 5.74) is 2.02. The average molecular weight is 163 g/mol. The van der Waals surface area contributed by atoms with Gasteiger partial charge in [-0.1, -0.05) is 6.92 Å². The van der Waals surface area contributed by atoms with Gasteiger partial charge in [-0.2, -0.15) is 0 Å². The minimum atomic E-state index is -0.249. The van der Waals surface area contributed by atoms with Gasteiger partial charge in [-0.05, 0) is 13.3 Å². The van der Waals surface area contributed by atoms with Gasteiger partial charge in [0.05, 0.1) is 0 Å². The topological polar surface area (TPSA) is 38.3 Å². The highest BCUT2D eigenvalue weighted by atomic mass is 32.1. The van der Waals surface area contributed by atoms with E-state index in [0.29, 0.717) is 6.42 Å². The van der Waals surface area contributed by atoms with Crippen LogP contribution in [0.1, 0.15) is 26.7 Å². The lowest BCUT2D eigenvalue weighted by atomic mass is 10.3. The molecule has 0 aromatic rings. The summed E-state index contributed by atoms with van der Waals surface area (Å²) in [5, 5.41) is 0. The van der Waals surface area contributed by atoms with E-state index in [1.54, 1.807) is 6.92 Å². The summed E-state index contributed by atoms with van der Waals surface area (Å²) in [7, 11) is 0. The molecule has 0 fully saturated rings. The van der Waals surface area contributed by atoms with Crippen LogP contribution in [-0.4, -0.2) is 11.3 Å². The molecule has 0 aliphatic rings. The molecule has 1 amide bonds. The van der Waals surface area contributed by atoms with Crippen LogP contribution in [0.4, 0.5) is 0 Å². The summed E-state index contributed by atoms with van der Waals surface area (Å²) in [5.74, 6) is -0.0941. The molecule has 0 heterocycles. The van der Waals surface area contributed by atoms with Crippen LogP contribution < -0.4 is 5.48 Å². The van der Waals surface area contributed by atoms with Gasteiger partial charge in [0.15, 0.2) is 0 Å². The van der Waals surface area contributed by atoms with Crippen LogP contribution >= 0.6 is 12.6 Å². The van der Waals surface area contributed by atoms with Gasteiger partial charge in [0.25, 0.3) is 0 Å². The van der Waals surface area contributed by atoms with E-state index in [2.05, 4.69) is 18.1 Å². The highest BCUT2D eigenvalue weighted by Crippen LogP contribution is 1.92. The van der Waals surface area contributed by atoms with Crippen LogP contribution in [0.5, 0.6) is 0 Å². The monoisotopic (exact) mass is 163 g/mol. The van der Waals surface area contributed by atoms with Crippen molar-refractivity contribution >= 4 is 18.5 Å². The normalized spacial score (nSPS) is 12.7. The average Bonchev–Trinajstić information content (AvgIpc) is 1.85. The maximum atomic E-state index is 10.7. The molecule has 0 rings (SSSR count). The van der Waals surface area contributed by atoms with Gasteiger partial charge >= 0.3 is 0 Å². The third-order valence-corrected chi connectivity index (χ3v) is 0.926. The predicted octanol–water partition coefficient (Wildman–Crippen LogP) is 1.11. The zero-order valence-corrected chi connectivity index (χ0v) is 7.15. The number of thiol groups is 1. The van der Waals surface area contributed by atoms with Crippen LogP contribution in [0.2, 0.25) is 0 Å². The predicted molar refractivity (Wildman–Crippen MR) is 42.6 cm³/mol. The molecule has 0 aliphatic heterocycles. The van der Waals surface area contributed by atoms with E-state index in [4.69, 9.17) is 4.84 Å². The molecular weight excluding hydrogens is 150 g/mol. The maximum Gasteiger partial charge on any atom is 0.243 e. The second kappa shape index (κ2) is 5.56. The Bertz CT molecular complexity index is 106. The van der Waals surface area contributed by atoms with Crippen LogP contribution in [-0.2, 0) is 9.63 Å². The SMILES string of the molecule is CCCC(=O)NOC(C)S. The van der Waals surface area contributed by atoms with Crippen molar-refractivity contribution < 1.29 is 9.63 Å². The van der Waals surface area contributed by atoms with Crippen molar-refractivity contribution in [1.82, 2.24) is 5.48 Å². The largest absolute Gasteiger partial charge is 0.273 e. The second-order valence-corrected chi connectivity index (χ2v) is 2.72. The number of hydrogen-bond acceptors (Lipinski definition) is 3. The number of hydrogen-bond donors (Lipinski definition) is 2. The third kappa shape index (κ3) is 5.91. The molecule has 0 aliphatic carbocycles. The smallest absolute Gasteiger partial charge is 0.243 e. The summed E-state index contributed by atoms with van der Waals surface area (Å²) in [6.45, 7) is 3.67. The van der Waals surface area contributed by atoms with E-state index < -0.39 is 0 Å². The summed E-state index contributed by atoms with van der Waals surface area (Å²) in [6.07, 6.45) is 1.33. The Balaban J connectivity index is 3.22. The quantitative estimate of drug-likeness (QED) is 0.370. The first-order chi connectivity index (χ1) is 4.66. The Morgan fingerprint density at radius 2 is 2.40 bits per heavy atom. The molecule has 10 heavy (non-hydrogen) atoms. The molecule has 0 saturated carbocycles. The molecule has 1 N–H and O–H groups in total. The van der Waals surface area contributed by atoms with E-state index in [1.807, 2.05) is 6.92 Å². The van der Waals surface area contributed by atoms with Crippen molar-refractivity contribution in [2.75, 3.05) is 0 Å². The third-order valence-electron chi connectivity index (χ3n) is 0.820. The maximum absolute atomic E-state index is 10.7. The van der Waals surface area contributed by atoms with Crippen molar-refractivity contribution in [1.29, 1.82) is 0 Å². The van der Waals surface area contributed by atoms with Crippen molar-refractivity contribution in [3.05, 3.63) is 0 Å². The molecular formula is C6H13NO2S. The molecule has 4 heteroatoms. The highest BCUT2D eigenvalue weighted by molar-refractivity contribution is 7.80. The van der Waals surface area contributed by atoms with E-state index in [9.17, 15) is 4.79 Å². The van der Waals surface area contributed by atoms with Crippen LogP contribution in [0.25, 0.3) is 0 Å². The van der Waals surface area contributed by atoms with E-state index >= 15 is 0 Å². The second-order valence-electron chi connectivity index (χ2n) is 1.99. The zero-order valence-electron chi connectivity index (χ0n) is 6.26. The Morgan fingerprint density at radius 1 is 1.80 bits per heavy atom. The van der Waals surface area contributed by atoms with Gasteiger partial charge in [0, 0.05) is 6.42 Å². The zero-order chi connectivity index (χ0) is 7.98. The highest BCUT2D eigenvalue weighted by Gasteiger charge is 1.99. The summed E-state index contributed by atoms with van der Waals surface area (Å²) < 4.78 is 0. The fourth-order valence-corrected chi connectivity index (χ4v) is 0.482. The summed E-state index contributed by atoms with van der Waals surface area (Å²) in [4.78, 5) is 15.4. The van der Waals surface area contributed by atoms with Crippen LogP contribution in [0, 0.1) is 0 Å². The fourth-order valence-electron chi connectivity index (χ4n) is 0.429. The fraction of sp³-hybridized carbons (Fsp3) is 0.833. The minimum absolute atomic E-state index is 0.0941. The van der Waals surface area contributed by atoms with Crippen LogP contribution in [0.15, 0.2) is 0 Å². The number of rotatable bonds is 4. The number of carbonyl (C=O) groups excluding carboxylic acids is 1. The number of hydroxylamine groups is 1. The molecule has 1 atom stereocenters. The number of carbonyl (C=O) groups is 1. The van der Waals surface area contributed by atoms with Crippen molar-refractivity contribution in [3.63, 3.8) is 0 Å². The first-order valence-corrected chi connectivity index (χ1v) is 3.81. The summed E-state index contributed by atoms with van der Waals surface area (Å²) >= 11 is 3.90. The lowest BCUT2D eigenvalue weighted by Gasteiger charge is -2.06. The molecule has 60 valence electrons. The van der Waals surface area contributed by atoms with Gasteiger partial charge < -0.3 is 0 Å². The Hall–Kier alpha value is -0.220. The Kier molecular flexibility index (Phi) is 5.43. The summed E-state index contributed by atoms with van der Waals surface area (Å²) in [6, 6.07) is 0. The molecule has 0 aromatic heterocycles. The van der Waals surface area contributed by atoms with E-state index in [-0.39, 0.29) is 11.3 Å². The first-order valence-electron chi connectivity index (χ1n) is 3.29. The number of amides is 1. The first kappa shape index (κ1) is 9.78. The molecule has 0 bridgehead atoms. The van der Waals surface area contributed by atoms with Gasteiger partial charge in [-0.25, -0.2) is 5.48 Å². The van der Waals surface area contributed by atoms with Crippen molar-refractivity contribution in [2.24, 2.45) is 0 Å². The van der Waals surface area contributed by atoms with Gasteiger partial charge in [-0.3, -0.25) is 9.63 Å². The standard InChI is InChI=1S/C6H13NO2S/c1-3-4-6(8)7-9-5(2)10/h5,10H,3-4H2,1-2H3,(H,7,8). The van der Waals surface area contributed by atoms with E-state index in [0.717, 1.165) is 6.42 Å². The lowest BCUT2D eigenvalue weighted by molar-refractivity contribution is -0.134.